The zero-order valence-electron chi connectivity index (χ0n) is 10.4. The molecule has 0 atom stereocenters. The Morgan fingerprint density at radius 2 is 2.26 bits per heavy atom. The fourth-order valence-corrected chi connectivity index (χ4v) is 1.33. The summed E-state index contributed by atoms with van der Waals surface area (Å²) in [6, 6.07) is 4.85. The summed E-state index contributed by atoms with van der Waals surface area (Å²) in [5, 5.41) is 16.9. The highest BCUT2D eigenvalue weighted by molar-refractivity contribution is 6.02. The van der Waals surface area contributed by atoms with E-state index in [2.05, 4.69) is 32.6 Å². The van der Waals surface area contributed by atoms with Crippen molar-refractivity contribution < 1.29 is 9.32 Å². The van der Waals surface area contributed by atoms with Crippen molar-refractivity contribution in [3.05, 3.63) is 42.3 Å². The van der Waals surface area contributed by atoms with Gasteiger partial charge >= 0.3 is 0 Å². The molecule has 2 aromatic rings. The molecule has 0 saturated carbocycles. The van der Waals surface area contributed by atoms with Crippen molar-refractivity contribution in [3.63, 3.8) is 0 Å². The normalized spacial score (nSPS) is 9.95. The Kier molecular flexibility index (Phi) is 3.87. The number of hydrogen-bond donors (Lipinski definition) is 2. The summed E-state index contributed by atoms with van der Waals surface area (Å²) < 4.78 is 4.84. The van der Waals surface area contributed by atoms with Crippen LogP contribution in [-0.2, 0) is 0 Å². The van der Waals surface area contributed by atoms with Gasteiger partial charge in [-0.2, -0.15) is 0 Å². The molecule has 0 unspecified atom stereocenters. The zero-order chi connectivity index (χ0) is 13.7. The third-order valence-corrected chi connectivity index (χ3v) is 2.19. The van der Waals surface area contributed by atoms with Gasteiger partial charge in [-0.3, -0.25) is 4.79 Å². The number of carbonyl (C=O) groups is 1. The largest absolute Gasteiger partial charge is 0.365 e. The molecule has 0 radical (unpaired) electrons. The Bertz CT molecular complexity index is 576. The molecular weight excluding hydrogens is 246 g/mol. The number of carbonyl (C=O) groups excluding carboxylic acids is 1. The molecule has 0 aliphatic rings. The second kappa shape index (κ2) is 5.76. The monoisotopic (exact) mass is 259 g/mol. The van der Waals surface area contributed by atoms with Crippen LogP contribution < -0.4 is 10.6 Å². The predicted octanol–water partition coefficient (Wildman–Crippen LogP) is 1.62. The van der Waals surface area contributed by atoms with Crippen molar-refractivity contribution in [2.45, 2.75) is 6.92 Å². The van der Waals surface area contributed by atoms with Gasteiger partial charge in [0, 0.05) is 12.6 Å². The smallest absolute Gasteiger partial charge is 0.277 e. The lowest BCUT2D eigenvalue weighted by Gasteiger charge is -2.02. The van der Waals surface area contributed by atoms with Crippen LogP contribution in [0.1, 0.15) is 16.2 Å². The molecule has 0 spiro atoms. The molecule has 2 N–H and O–H groups in total. The van der Waals surface area contributed by atoms with Gasteiger partial charge in [0.15, 0.2) is 11.5 Å². The third-order valence-electron chi connectivity index (χ3n) is 2.19. The van der Waals surface area contributed by atoms with Crippen LogP contribution in [0.4, 0.5) is 11.6 Å². The minimum atomic E-state index is -0.393. The van der Waals surface area contributed by atoms with Crippen molar-refractivity contribution >= 4 is 17.5 Å². The van der Waals surface area contributed by atoms with Crippen LogP contribution in [0.5, 0.6) is 0 Å². The first-order chi connectivity index (χ1) is 9.19. The summed E-state index contributed by atoms with van der Waals surface area (Å²) in [7, 11) is 0. The van der Waals surface area contributed by atoms with Crippen LogP contribution in [0, 0.1) is 6.92 Å². The van der Waals surface area contributed by atoms with Crippen LogP contribution in [-0.4, -0.2) is 27.8 Å². The zero-order valence-corrected chi connectivity index (χ0v) is 10.4. The SMILES string of the molecule is C=CCNc1ccc(C(=O)Nc2cc(C)on2)nn1. The first kappa shape index (κ1) is 12.7. The van der Waals surface area contributed by atoms with E-state index in [1.165, 1.54) is 0 Å². The summed E-state index contributed by atoms with van der Waals surface area (Å²) in [5.74, 6) is 1.15. The molecule has 0 aromatic carbocycles. The minimum Gasteiger partial charge on any atom is -0.365 e. The van der Waals surface area contributed by atoms with Gasteiger partial charge in [-0.25, -0.2) is 0 Å². The first-order valence-corrected chi connectivity index (χ1v) is 5.62. The maximum Gasteiger partial charge on any atom is 0.277 e. The molecule has 2 heterocycles. The summed E-state index contributed by atoms with van der Waals surface area (Å²) in [6.45, 7) is 5.90. The highest BCUT2D eigenvalue weighted by atomic mass is 16.5. The number of nitrogens with zero attached hydrogens (tertiary/aromatic N) is 3. The number of nitrogens with one attached hydrogen (secondary N) is 2. The van der Waals surface area contributed by atoms with E-state index in [0.29, 0.717) is 23.9 Å². The number of amides is 1. The maximum absolute atomic E-state index is 11.8. The summed E-state index contributed by atoms with van der Waals surface area (Å²) in [6.07, 6.45) is 1.70. The maximum atomic E-state index is 11.8. The summed E-state index contributed by atoms with van der Waals surface area (Å²) in [4.78, 5) is 11.8. The Balaban J connectivity index is 2.01. The molecule has 0 saturated heterocycles. The van der Waals surface area contributed by atoms with Crippen LogP contribution in [0.2, 0.25) is 0 Å². The molecule has 1 amide bonds. The number of anilines is 2. The second-order valence-electron chi connectivity index (χ2n) is 3.75. The number of rotatable bonds is 5. The van der Waals surface area contributed by atoms with E-state index < -0.39 is 5.91 Å². The standard InChI is InChI=1S/C12H13N5O2/c1-3-6-13-10-5-4-9(15-16-10)12(18)14-11-7-8(2)19-17-11/h3-5,7H,1,6H2,2H3,(H,13,16)(H,14,17,18). The van der Waals surface area contributed by atoms with E-state index in [1.54, 1.807) is 31.2 Å². The van der Waals surface area contributed by atoms with Crippen molar-refractivity contribution in [2.24, 2.45) is 0 Å². The Labute approximate surface area is 109 Å². The van der Waals surface area contributed by atoms with E-state index in [9.17, 15) is 4.79 Å². The van der Waals surface area contributed by atoms with Gasteiger partial charge in [-0.05, 0) is 19.1 Å². The quantitative estimate of drug-likeness (QED) is 0.792. The van der Waals surface area contributed by atoms with Gasteiger partial charge in [0.25, 0.3) is 5.91 Å². The topological polar surface area (TPSA) is 92.9 Å². The molecule has 19 heavy (non-hydrogen) atoms. The highest BCUT2D eigenvalue weighted by Gasteiger charge is 2.10. The number of aromatic nitrogens is 3. The third kappa shape index (κ3) is 3.38. The molecule has 2 aromatic heterocycles. The van der Waals surface area contributed by atoms with Gasteiger partial charge in [-0.15, -0.1) is 16.8 Å². The molecule has 7 nitrogen and oxygen atoms in total. The van der Waals surface area contributed by atoms with Gasteiger partial charge in [0.2, 0.25) is 0 Å². The lowest BCUT2D eigenvalue weighted by molar-refractivity contribution is 0.102. The number of aryl methyl sites for hydroxylation is 1. The lowest BCUT2D eigenvalue weighted by Crippen LogP contribution is -2.15. The van der Waals surface area contributed by atoms with E-state index in [4.69, 9.17) is 4.52 Å². The van der Waals surface area contributed by atoms with Crippen LogP contribution in [0.15, 0.2) is 35.4 Å². The van der Waals surface area contributed by atoms with Crippen LogP contribution in [0.25, 0.3) is 0 Å². The minimum absolute atomic E-state index is 0.199. The first-order valence-electron chi connectivity index (χ1n) is 5.62. The van der Waals surface area contributed by atoms with Crippen molar-refractivity contribution in [1.29, 1.82) is 0 Å². The molecule has 7 heteroatoms. The van der Waals surface area contributed by atoms with Gasteiger partial charge in [0.05, 0.1) is 0 Å². The van der Waals surface area contributed by atoms with Gasteiger partial charge in [0.1, 0.15) is 11.6 Å². The summed E-state index contributed by atoms with van der Waals surface area (Å²) >= 11 is 0. The van der Waals surface area contributed by atoms with E-state index in [0.717, 1.165) is 0 Å². The predicted molar refractivity (Wildman–Crippen MR) is 69.9 cm³/mol. The Morgan fingerprint density at radius 3 is 2.84 bits per heavy atom. The molecular formula is C12H13N5O2. The molecule has 0 aliphatic heterocycles. The van der Waals surface area contributed by atoms with E-state index in [1.807, 2.05) is 0 Å². The van der Waals surface area contributed by atoms with Crippen molar-refractivity contribution in [2.75, 3.05) is 17.2 Å². The average molecular weight is 259 g/mol. The van der Waals surface area contributed by atoms with E-state index >= 15 is 0 Å². The van der Waals surface area contributed by atoms with Gasteiger partial charge in [-0.1, -0.05) is 11.2 Å². The fraction of sp³-hybridized carbons (Fsp3) is 0.167. The second-order valence-corrected chi connectivity index (χ2v) is 3.75. The number of hydrogen-bond acceptors (Lipinski definition) is 6. The fourth-order valence-electron chi connectivity index (χ4n) is 1.33. The van der Waals surface area contributed by atoms with Gasteiger partial charge < -0.3 is 15.2 Å². The van der Waals surface area contributed by atoms with Crippen LogP contribution >= 0.6 is 0 Å². The average Bonchev–Trinajstić information content (AvgIpc) is 2.82. The Morgan fingerprint density at radius 1 is 1.42 bits per heavy atom. The van der Waals surface area contributed by atoms with E-state index in [-0.39, 0.29) is 5.69 Å². The van der Waals surface area contributed by atoms with Crippen molar-refractivity contribution in [1.82, 2.24) is 15.4 Å². The molecule has 0 aliphatic carbocycles. The molecule has 2 rings (SSSR count). The Hall–Kier alpha value is -2.70. The molecule has 98 valence electrons. The molecule has 0 fully saturated rings. The summed E-state index contributed by atoms with van der Waals surface area (Å²) in [5.41, 5.74) is 0.199. The molecule has 0 bridgehead atoms. The van der Waals surface area contributed by atoms with Crippen molar-refractivity contribution in [3.8, 4) is 0 Å². The lowest BCUT2D eigenvalue weighted by atomic mass is 10.3. The highest BCUT2D eigenvalue weighted by Crippen LogP contribution is 2.09. The van der Waals surface area contributed by atoms with Crippen LogP contribution in [0.3, 0.4) is 0 Å².